The number of halogens is 4. The van der Waals surface area contributed by atoms with Gasteiger partial charge in [-0.2, -0.15) is 0 Å². The molecule has 2 aliphatic carbocycles. The number of nitrogens with one attached hydrogen (secondary N) is 1. The second-order valence-corrected chi connectivity index (χ2v) is 9.32. The molecule has 1 aromatic rings. The molecule has 7 nitrogen and oxygen atoms in total. The van der Waals surface area contributed by atoms with Crippen molar-refractivity contribution in [2.24, 2.45) is 11.8 Å². The fraction of sp³-hybridized carbons (Fsp3) is 0.636. The first-order chi connectivity index (χ1) is 15.6. The van der Waals surface area contributed by atoms with Crippen LogP contribution in [-0.4, -0.2) is 67.6 Å². The highest BCUT2D eigenvalue weighted by molar-refractivity contribution is 6.30. The zero-order valence-electron chi connectivity index (χ0n) is 17.9. The third-order valence-electron chi connectivity index (χ3n) is 6.45. The van der Waals surface area contributed by atoms with Crippen LogP contribution in [0.15, 0.2) is 24.3 Å². The number of alkyl halides is 3. The first-order valence-corrected chi connectivity index (χ1v) is 11.3. The van der Waals surface area contributed by atoms with Crippen LogP contribution in [0.25, 0.3) is 0 Å². The number of amides is 2. The quantitative estimate of drug-likeness (QED) is 0.606. The molecule has 2 amide bonds. The van der Waals surface area contributed by atoms with Crippen LogP contribution in [0.4, 0.5) is 13.2 Å². The molecule has 1 heterocycles. The van der Waals surface area contributed by atoms with Crippen LogP contribution in [0, 0.1) is 11.8 Å². The largest absolute Gasteiger partial charge is 0.522 e. The Kier molecular flexibility index (Phi) is 7.35. The first-order valence-electron chi connectivity index (χ1n) is 11.0. The summed E-state index contributed by atoms with van der Waals surface area (Å²) >= 11 is 5.82. The van der Waals surface area contributed by atoms with Crippen molar-refractivity contribution in [3.8, 4) is 5.75 Å². The highest BCUT2D eigenvalue weighted by atomic mass is 35.5. The molecular weight excluding hydrogens is 465 g/mol. The van der Waals surface area contributed by atoms with E-state index in [9.17, 15) is 22.8 Å². The van der Waals surface area contributed by atoms with E-state index in [-0.39, 0.29) is 50.0 Å². The van der Waals surface area contributed by atoms with Crippen LogP contribution in [0.1, 0.15) is 25.7 Å². The summed E-state index contributed by atoms with van der Waals surface area (Å²) in [6.45, 7) is 0.993. The fourth-order valence-corrected chi connectivity index (χ4v) is 4.92. The molecule has 1 N–H and O–H groups in total. The summed E-state index contributed by atoms with van der Waals surface area (Å²) in [6.07, 6.45) is -4.04. The van der Waals surface area contributed by atoms with E-state index in [1.165, 1.54) is 0 Å². The van der Waals surface area contributed by atoms with E-state index < -0.39 is 12.5 Å². The van der Waals surface area contributed by atoms with Gasteiger partial charge in [0.1, 0.15) is 12.4 Å². The van der Waals surface area contributed by atoms with Gasteiger partial charge < -0.3 is 19.7 Å². The highest BCUT2D eigenvalue weighted by Crippen LogP contribution is 2.38. The van der Waals surface area contributed by atoms with Crippen molar-refractivity contribution in [1.82, 2.24) is 10.2 Å². The number of hydrogen-bond acceptors (Lipinski definition) is 5. The van der Waals surface area contributed by atoms with E-state index in [1.807, 2.05) is 0 Å². The van der Waals surface area contributed by atoms with E-state index in [1.54, 1.807) is 29.2 Å². The predicted molar refractivity (Wildman–Crippen MR) is 112 cm³/mol. The number of rotatable bonds is 8. The van der Waals surface area contributed by atoms with Crippen LogP contribution in [-0.2, 0) is 19.1 Å². The van der Waals surface area contributed by atoms with Crippen molar-refractivity contribution in [2.45, 2.75) is 50.3 Å². The van der Waals surface area contributed by atoms with Gasteiger partial charge >= 0.3 is 6.36 Å². The van der Waals surface area contributed by atoms with Crippen molar-refractivity contribution >= 4 is 23.4 Å². The minimum atomic E-state index is -4.64. The summed E-state index contributed by atoms with van der Waals surface area (Å²) in [5, 5.41) is 3.59. The Morgan fingerprint density at radius 2 is 1.64 bits per heavy atom. The molecule has 1 aromatic carbocycles. The fourth-order valence-electron chi connectivity index (χ4n) is 4.79. The lowest BCUT2D eigenvalue weighted by atomic mass is 9.92. The van der Waals surface area contributed by atoms with E-state index in [2.05, 4.69) is 10.1 Å². The molecule has 1 saturated heterocycles. The molecule has 2 saturated carbocycles. The third kappa shape index (κ3) is 6.74. The van der Waals surface area contributed by atoms with Crippen LogP contribution >= 0.6 is 11.6 Å². The number of nitrogens with zero attached hydrogens (tertiary/aromatic N) is 1. The lowest BCUT2D eigenvalue weighted by Gasteiger charge is -2.35. The van der Waals surface area contributed by atoms with Crippen LogP contribution < -0.4 is 10.1 Å². The van der Waals surface area contributed by atoms with Gasteiger partial charge in [-0.1, -0.05) is 11.6 Å². The van der Waals surface area contributed by atoms with Crippen molar-refractivity contribution < 1.29 is 37.0 Å². The lowest BCUT2D eigenvalue weighted by Crippen LogP contribution is -2.43. The van der Waals surface area contributed by atoms with Gasteiger partial charge in [-0.05, 0) is 48.9 Å². The molecule has 1 unspecified atom stereocenters. The molecule has 182 valence electrons. The summed E-state index contributed by atoms with van der Waals surface area (Å²) in [6, 6.07) is 6.83. The number of ether oxygens (including phenoxy) is 3. The minimum Gasteiger partial charge on any atom is -0.484 e. The Morgan fingerprint density at radius 1 is 1.00 bits per heavy atom. The number of fused-ring (bicyclic) bond motifs is 1. The average molecular weight is 491 g/mol. The van der Waals surface area contributed by atoms with Gasteiger partial charge in [0, 0.05) is 37.0 Å². The van der Waals surface area contributed by atoms with Gasteiger partial charge in [-0.15, -0.1) is 13.2 Å². The summed E-state index contributed by atoms with van der Waals surface area (Å²) in [4.78, 5) is 26.4. The van der Waals surface area contributed by atoms with Crippen molar-refractivity contribution in [3.05, 3.63) is 29.3 Å². The second-order valence-electron chi connectivity index (χ2n) is 8.89. The standard InChI is InChI=1S/C22H26ClF3N2O5/c23-15-1-3-17(4-2-15)31-11-20(29)27-16-5-13-9-28(10-14(13)6-16)21(30)12-32-18-7-19(8-18)33-22(24,25)26/h1-4,13-14,16,18-19H,5-12H2,(H,27,29)/t13-,14+,16?,18?,19?. The molecule has 33 heavy (non-hydrogen) atoms. The average Bonchev–Trinajstić information content (AvgIpc) is 3.26. The highest BCUT2D eigenvalue weighted by Gasteiger charge is 2.44. The number of hydrogen-bond donors (Lipinski definition) is 1. The molecule has 11 heteroatoms. The Labute approximate surface area is 194 Å². The first kappa shape index (κ1) is 24.1. The molecule has 0 bridgehead atoms. The number of likely N-dealkylation sites (tertiary alicyclic amines) is 1. The smallest absolute Gasteiger partial charge is 0.484 e. The lowest BCUT2D eigenvalue weighted by molar-refractivity contribution is -0.357. The monoisotopic (exact) mass is 490 g/mol. The normalized spacial score (nSPS) is 28.8. The zero-order valence-corrected chi connectivity index (χ0v) is 18.6. The van der Waals surface area contributed by atoms with E-state index in [4.69, 9.17) is 21.1 Å². The van der Waals surface area contributed by atoms with Gasteiger partial charge in [-0.25, -0.2) is 0 Å². The number of carbonyl (C=O) groups excluding carboxylic acids is 2. The summed E-state index contributed by atoms with van der Waals surface area (Å²) in [5.74, 6) is 0.847. The molecule has 0 aromatic heterocycles. The van der Waals surface area contributed by atoms with E-state index >= 15 is 0 Å². The molecule has 4 rings (SSSR count). The van der Waals surface area contributed by atoms with E-state index in [0.717, 1.165) is 12.8 Å². The Morgan fingerprint density at radius 3 is 2.24 bits per heavy atom. The summed E-state index contributed by atoms with van der Waals surface area (Å²) in [7, 11) is 0. The zero-order chi connectivity index (χ0) is 23.6. The second kappa shape index (κ2) is 10.1. The van der Waals surface area contributed by atoms with Crippen molar-refractivity contribution in [1.29, 1.82) is 0 Å². The van der Waals surface area contributed by atoms with Gasteiger partial charge in [-0.3, -0.25) is 14.3 Å². The number of benzene rings is 1. The van der Waals surface area contributed by atoms with Crippen molar-refractivity contribution in [2.75, 3.05) is 26.3 Å². The molecule has 3 atom stereocenters. The molecule has 1 aliphatic heterocycles. The maximum absolute atomic E-state index is 12.4. The third-order valence-corrected chi connectivity index (χ3v) is 6.70. The van der Waals surface area contributed by atoms with Crippen LogP contribution in [0.3, 0.4) is 0 Å². The maximum atomic E-state index is 12.4. The molecule has 0 spiro atoms. The Balaban J connectivity index is 1.11. The summed E-state index contributed by atoms with van der Waals surface area (Å²) < 4.78 is 51.3. The Hall–Kier alpha value is -2.04. The van der Waals surface area contributed by atoms with Crippen molar-refractivity contribution in [3.63, 3.8) is 0 Å². The van der Waals surface area contributed by atoms with Gasteiger partial charge in [0.15, 0.2) is 6.61 Å². The van der Waals surface area contributed by atoms with E-state index in [0.29, 0.717) is 35.7 Å². The van der Waals surface area contributed by atoms with Gasteiger partial charge in [0.25, 0.3) is 5.91 Å². The maximum Gasteiger partial charge on any atom is 0.522 e. The van der Waals surface area contributed by atoms with Gasteiger partial charge in [0.05, 0.1) is 12.2 Å². The minimum absolute atomic E-state index is 0.0513. The van der Waals surface area contributed by atoms with Crippen LogP contribution in [0.5, 0.6) is 5.75 Å². The summed E-state index contributed by atoms with van der Waals surface area (Å²) in [5.41, 5.74) is 0. The topological polar surface area (TPSA) is 77.1 Å². The Bertz CT molecular complexity index is 833. The molecular formula is C22H26ClF3N2O5. The molecule has 3 aliphatic rings. The molecule has 3 fully saturated rings. The molecule has 0 radical (unpaired) electrons. The SMILES string of the molecule is O=C(COc1ccc(Cl)cc1)NC1C[C@@H]2CN(C(=O)COC3CC(OC(F)(F)F)C3)C[C@@H]2C1. The number of carbonyl (C=O) groups is 2. The predicted octanol–water partition coefficient (Wildman–Crippen LogP) is 3.16. The van der Waals surface area contributed by atoms with Crippen LogP contribution in [0.2, 0.25) is 5.02 Å². The van der Waals surface area contributed by atoms with Gasteiger partial charge in [0.2, 0.25) is 5.91 Å².